The van der Waals surface area contributed by atoms with Crippen molar-refractivity contribution in [2.45, 2.75) is 17.6 Å². The highest BCUT2D eigenvalue weighted by Crippen LogP contribution is 2.41. The van der Waals surface area contributed by atoms with Gasteiger partial charge in [0.25, 0.3) is 0 Å². The van der Waals surface area contributed by atoms with Gasteiger partial charge >= 0.3 is 0 Å². The van der Waals surface area contributed by atoms with Gasteiger partial charge in [-0.25, -0.2) is 4.39 Å². The fraction of sp³-hybridized carbons (Fsp3) is 0.562. The van der Waals surface area contributed by atoms with Crippen molar-refractivity contribution in [3.8, 4) is 0 Å². The smallest absolute Gasteiger partial charge is 0.191 e. The van der Waals surface area contributed by atoms with Crippen molar-refractivity contribution in [2.75, 3.05) is 43.9 Å². The summed E-state index contributed by atoms with van der Waals surface area (Å²) < 4.78 is 24.6. The maximum Gasteiger partial charge on any atom is 0.191 e. The lowest BCUT2D eigenvalue weighted by Crippen LogP contribution is -2.51. The molecule has 24 heavy (non-hydrogen) atoms. The van der Waals surface area contributed by atoms with Gasteiger partial charge in [0, 0.05) is 48.9 Å². The van der Waals surface area contributed by atoms with Gasteiger partial charge in [0.1, 0.15) is 5.82 Å². The molecular formula is C16H24FIN4OS. The molecule has 1 aromatic rings. The molecular weight excluding hydrogens is 442 g/mol. The van der Waals surface area contributed by atoms with Gasteiger partial charge in [-0.3, -0.25) is 9.20 Å². The first-order chi connectivity index (χ1) is 11.0. The molecule has 1 aliphatic heterocycles. The Balaban J connectivity index is 0.00000208. The normalized spacial score (nSPS) is 21.2. The lowest BCUT2D eigenvalue weighted by atomic mass is 10.2. The highest BCUT2D eigenvalue weighted by molar-refractivity contribution is 14.0. The molecule has 2 aliphatic rings. The minimum absolute atomic E-state index is 0. The molecule has 1 heterocycles. The van der Waals surface area contributed by atoms with Crippen molar-refractivity contribution in [1.29, 1.82) is 0 Å². The van der Waals surface area contributed by atoms with Crippen molar-refractivity contribution >= 4 is 46.4 Å². The fourth-order valence-electron chi connectivity index (χ4n) is 2.85. The van der Waals surface area contributed by atoms with E-state index in [9.17, 15) is 8.60 Å². The summed E-state index contributed by atoms with van der Waals surface area (Å²) in [7, 11) is -0.839. The van der Waals surface area contributed by atoms with Crippen LogP contribution in [0.15, 0.2) is 29.3 Å². The Morgan fingerprint density at radius 3 is 2.33 bits per heavy atom. The van der Waals surface area contributed by atoms with E-state index in [4.69, 9.17) is 5.73 Å². The van der Waals surface area contributed by atoms with Crippen LogP contribution in [0.4, 0.5) is 10.1 Å². The molecule has 0 amide bonds. The van der Waals surface area contributed by atoms with E-state index in [0.29, 0.717) is 12.5 Å². The quantitative estimate of drug-likeness (QED) is 0.418. The predicted octanol–water partition coefficient (Wildman–Crippen LogP) is 1.79. The third-order valence-corrected chi connectivity index (χ3v) is 6.50. The summed E-state index contributed by atoms with van der Waals surface area (Å²) in [5, 5.41) is 0. The van der Waals surface area contributed by atoms with Gasteiger partial charge in [0.2, 0.25) is 0 Å². The van der Waals surface area contributed by atoms with Crippen LogP contribution in [0.5, 0.6) is 0 Å². The zero-order valence-electron chi connectivity index (χ0n) is 13.8. The predicted molar refractivity (Wildman–Crippen MR) is 108 cm³/mol. The lowest BCUT2D eigenvalue weighted by molar-refractivity contribution is 0.380. The molecule has 1 saturated carbocycles. The molecule has 0 aromatic heterocycles. The van der Waals surface area contributed by atoms with Crippen LogP contribution in [0.1, 0.15) is 12.8 Å². The molecule has 1 aliphatic carbocycles. The number of benzene rings is 1. The van der Waals surface area contributed by atoms with Gasteiger partial charge in [0.05, 0.1) is 11.3 Å². The Morgan fingerprint density at radius 2 is 1.83 bits per heavy atom. The van der Waals surface area contributed by atoms with Gasteiger partial charge in [-0.05, 0) is 37.1 Å². The highest BCUT2D eigenvalue weighted by atomic mass is 127. The molecule has 134 valence electrons. The van der Waals surface area contributed by atoms with Crippen LogP contribution in [0.2, 0.25) is 0 Å². The third kappa shape index (κ3) is 4.38. The summed E-state index contributed by atoms with van der Waals surface area (Å²) in [6.07, 6.45) is 3.71. The van der Waals surface area contributed by atoms with E-state index in [1.165, 1.54) is 12.1 Å². The molecule has 2 fully saturated rings. The molecule has 3 rings (SSSR count). The Bertz CT molecular complexity index is 613. The number of anilines is 1. The van der Waals surface area contributed by atoms with Crippen molar-refractivity contribution in [3.05, 3.63) is 30.1 Å². The van der Waals surface area contributed by atoms with Crippen LogP contribution in [0.3, 0.4) is 0 Å². The molecule has 0 spiro atoms. The van der Waals surface area contributed by atoms with E-state index in [0.717, 1.165) is 44.7 Å². The van der Waals surface area contributed by atoms with Gasteiger partial charge in [-0.2, -0.15) is 0 Å². The number of piperazine rings is 1. The summed E-state index contributed by atoms with van der Waals surface area (Å²) in [6.45, 7) is 3.78. The molecule has 1 saturated heterocycles. The van der Waals surface area contributed by atoms with Gasteiger partial charge in [0.15, 0.2) is 5.96 Å². The second-order valence-corrected chi connectivity index (χ2v) is 8.04. The summed E-state index contributed by atoms with van der Waals surface area (Å²) >= 11 is 0. The summed E-state index contributed by atoms with van der Waals surface area (Å²) in [4.78, 5) is 8.75. The average Bonchev–Trinajstić information content (AvgIpc) is 3.35. The fourth-order valence-corrected chi connectivity index (χ4v) is 3.77. The van der Waals surface area contributed by atoms with Gasteiger partial charge in [-0.15, -0.1) is 24.0 Å². The average molecular weight is 466 g/mol. The molecule has 0 radical (unpaired) electrons. The monoisotopic (exact) mass is 466 g/mol. The number of halogens is 2. The maximum atomic E-state index is 13.0. The number of guanidine groups is 1. The van der Waals surface area contributed by atoms with E-state index < -0.39 is 10.8 Å². The Labute approximate surface area is 162 Å². The Morgan fingerprint density at radius 1 is 1.25 bits per heavy atom. The van der Waals surface area contributed by atoms with Gasteiger partial charge in [-0.1, -0.05) is 0 Å². The molecule has 1 unspecified atom stereocenters. The minimum atomic E-state index is -0.839. The number of aliphatic imine (C=N–C) groups is 1. The number of hydrogen-bond acceptors (Lipinski definition) is 3. The number of nitrogens with zero attached hydrogens (tertiary/aromatic N) is 3. The molecule has 1 aromatic carbocycles. The van der Waals surface area contributed by atoms with Crippen molar-refractivity contribution < 1.29 is 8.60 Å². The first-order valence-corrected chi connectivity index (χ1v) is 9.45. The highest BCUT2D eigenvalue weighted by Gasteiger charge is 2.46. The van der Waals surface area contributed by atoms with E-state index in [2.05, 4.69) is 14.8 Å². The molecule has 5 nitrogen and oxygen atoms in total. The van der Waals surface area contributed by atoms with Crippen LogP contribution in [-0.4, -0.2) is 58.8 Å². The standard InChI is InChI=1S/C16H23FN4OS.HI/c1-23(22)16(6-7-16)12-19-15(18)21-10-8-20(9-11-21)14-4-2-13(17)3-5-14;/h2-5H,6-12H2,1H3,(H2,18,19);1H. The number of hydrogen-bond donors (Lipinski definition) is 1. The molecule has 8 heteroatoms. The van der Waals surface area contributed by atoms with Crippen LogP contribution in [0, 0.1) is 5.82 Å². The van der Waals surface area contributed by atoms with Crippen LogP contribution >= 0.6 is 24.0 Å². The summed E-state index contributed by atoms with van der Waals surface area (Å²) in [5.74, 6) is 0.326. The van der Waals surface area contributed by atoms with Crippen LogP contribution in [0.25, 0.3) is 0 Å². The molecule has 1 atom stereocenters. The van der Waals surface area contributed by atoms with Crippen LogP contribution < -0.4 is 10.6 Å². The number of rotatable bonds is 4. The van der Waals surface area contributed by atoms with Crippen LogP contribution in [-0.2, 0) is 10.8 Å². The second kappa shape index (κ2) is 7.99. The first-order valence-electron chi connectivity index (χ1n) is 7.89. The largest absolute Gasteiger partial charge is 0.370 e. The molecule has 0 bridgehead atoms. The SMILES string of the molecule is CS(=O)C1(CN=C(N)N2CCN(c3ccc(F)cc3)CC2)CC1.I. The summed E-state index contributed by atoms with van der Waals surface area (Å²) in [5.41, 5.74) is 7.12. The second-order valence-electron chi connectivity index (χ2n) is 6.26. The van der Waals surface area contributed by atoms with Crippen molar-refractivity contribution in [3.63, 3.8) is 0 Å². The van der Waals surface area contributed by atoms with E-state index in [-0.39, 0.29) is 34.5 Å². The van der Waals surface area contributed by atoms with Crippen molar-refractivity contribution in [2.24, 2.45) is 10.7 Å². The van der Waals surface area contributed by atoms with E-state index in [1.807, 2.05) is 0 Å². The minimum Gasteiger partial charge on any atom is -0.370 e. The van der Waals surface area contributed by atoms with Gasteiger partial charge < -0.3 is 15.5 Å². The maximum absolute atomic E-state index is 13.0. The third-order valence-electron chi connectivity index (χ3n) is 4.74. The topological polar surface area (TPSA) is 61.9 Å². The lowest BCUT2D eigenvalue weighted by Gasteiger charge is -2.36. The Kier molecular flexibility index (Phi) is 6.46. The molecule has 2 N–H and O–H groups in total. The summed E-state index contributed by atoms with van der Waals surface area (Å²) in [6, 6.07) is 6.57. The zero-order chi connectivity index (χ0) is 16.4. The van der Waals surface area contributed by atoms with Crippen molar-refractivity contribution in [1.82, 2.24) is 4.90 Å². The zero-order valence-corrected chi connectivity index (χ0v) is 16.9. The first kappa shape index (κ1) is 19.4. The van der Waals surface area contributed by atoms with E-state index in [1.54, 1.807) is 18.4 Å². The Hall–Kier alpha value is -0.900. The number of nitrogens with two attached hydrogens (primary N) is 1. The van der Waals surface area contributed by atoms with E-state index >= 15 is 0 Å².